The molecule has 0 atom stereocenters. The molecule has 0 saturated heterocycles. The maximum absolute atomic E-state index is 12.6. The quantitative estimate of drug-likeness (QED) is 0.735. The van der Waals surface area contributed by atoms with Gasteiger partial charge in [-0.2, -0.15) is 13.2 Å². The van der Waals surface area contributed by atoms with Crippen molar-refractivity contribution in [2.24, 2.45) is 0 Å². The van der Waals surface area contributed by atoms with E-state index in [1.807, 2.05) is 0 Å². The third-order valence-electron chi connectivity index (χ3n) is 1.91. The molecule has 1 radical (unpaired) electrons. The van der Waals surface area contributed by atoms with Crippen LogP contribution >= 0.6 is 23.2 Å². The Balaban J connectivity index is 3.37. The van der Waals surface area contributed by atoms with Gasteiger partial charge in [-0.25, -0.2) is 0 Å². The van der Waals surface area contributed by atoms with Crippen LogP contribution in [0.5, 0.6) is 5.75 Å². The van der Waals surface area contributed by atoms with Gasteiger partial charge in [-0.15, -0.1) is 0 Å². The third-order valence-corrected chi connectivity index (χ3v) is 2.41. The van der Waals surface area contributed by atoms with Crippen LogP contribution in [0.2, 0.25) is 5.02 Å². The summed E-state index contributed by atoms with van der Waals surface area (Å²) in [7, 11) is 0. The smallest absolute Gasteiger partial charge is 0.290 e. The summed E-state index contributed by atoms with van der Waals surface area (Å²) in [6.45, 7) is 0. The normalized spacial score (nSPS) is 12.3. The van der Waals surface area contributed by atoms with Crippen LogP contribution in [0.25, 0.3) is 0 Å². The van der Waals surface area contributed by atoms with Crippen molar-refractivity contribution in [2.75, 3.05) is 0 Å². The first-order valence-corrected chi connectivity index (χ1v) is 5.00. The monoisotopic (exact) mass is 269 g/mol. The van der Waals surface area contributed by atoms with Gasteiger partial charge in [-0.3, -0.25) is 5.11 Å². The number of alkyl halides is 3. The molecule has 0 N–H and O–H groups in total. The van der Waals surface area contributed by atoms with Gasteiger partial charge >= 0.3 is 6.18 Å². The highest BCUT2D eigenvalue weighted by Gasteiger charge is 2.37. The predicted molar refractivity (Wildman–Crippen MR) is 55.3 cm³/mol. The molecule has 0 spiro atoms. The lowest BCUT2D eigenvalue weighted by Crippen LogP contribution is -2.10. The van der Waals surface area contributed by atoms with Gasteiger partial charge in [-0.1, -0.05) is 29.3 Å². The maximum atomic E-state index is 12.6. The number of benzene rings is 1. The van der Waals surface area contributed by atoms with Crippen LogP contribution in [-0.2, 0) is 17.7 Å². The Labute approximate surface area is 100 Å². The Morgan fingerprint density at radius 3 is 2.44 bits per heavy atom. The molecular weight excluding hydrogens is 264 g/mol. The van der Waals surface area contributed by atoms with E-state index < -0.39 is 28.1 Å². The molecule has 0 saturated carbocycles. The summed E-state index contributed by atoms with van der Waals surface area (Å²) in [4.78, 5) is 0. The highest BCUT2D eigenvalue weighted by atomic mass is 35.5. The minimum atomic E-state index is -4.65. The van der Waals surface area contributed by atoms with Crippen molar-refractivity contribution in [1.82, 2.24) is 0 Å². The Hall–Kier alpha value is -0.870. The van der Waals surface area contributed by atoms with Crippen molar-refractivity contribution in [3.8, 4) is 5.75 Å². The van der Waals surface area contributed by atoms with E-state index in [9.17, 15) is 18.3 Å². The SMILES string of the molecule is [O]c1ccc(Cl)c(C(F)(F)F)c1C/C=C/Cl. The second-order valence-electron chi connectivity index (χ2n) is 2.96. The Morgan fingerprint density at radius 1 is 1.31 bits per heavy atom. The van der Waals surface area contributed by atoms with Gasteiger partial charge in [0.15, 0.2) is 5.75 Å². The molecule has 16 heavy (non-hydrogen) atoms. The molecule has 1 rings (SSSR count). The Kier molecular flexibility index (Phi) is 4.10. The van der Waals surface area contributed by atoms with Crippen LogP contribution in [0.4, 0.5) is 13.2 Å². The van der Waals surface area contributed by atoms with Gasteiger partial charge < -0.3 is 0 Å². The van der Waals surface area contributed by atoms with Gasteiger partial charge in [0.05, 0.1) is 10.6 Å². The molecule has 0 aliphatic rings. The topological polar surface area (TPSA) is 19.9 Å². The van der Waals surface area contributed by atoms with E-state index >= 15 is 0 Å². The van der Waals surface area contributed by atoms with Crippen LogP contribution in [0, 0.1) is 0 Å². The predicted octanol–water partition coefficient (Wildman–Crippen LogP) is 4.80. The van der Waals surface area contributed by atoms with Gasteiger partial charge in [0.2, 0.25) is 0 Å². The molecule has 0 heterocycles. The average Bonchev–Trinajstić information content (AvgIpc) is 2.17. The Bertz CT molecular complexity index is 413. The second kappa shape index (κ2) is 4.97. The fourth-order valence-corrected chi connectivity index (χ4v) is 1.64. The maximum Gasteiger partial charge on any atom is 0.418 e. The number of halogens is 5. The van der Waals surface area contributed by atoms with Gasteiger partial charge in [0, 0.05) is 11.1 Å². The largest absolute Gasteiger partial charge is 0.418 e. The zero-order valence-electron chi connectivity index (χ0n) is 7.81. The highest BCUT2D eigenvalue weighted by molar-refractivity contribution is 6.31. The molecule has 0 aliphatic carbocycles. The van der Waals surface area contributed by atoms with Crippen molar-refractivity contribution in [3.63, 3.8) is 0 Å². The van der Waals surface area contributed by atoms with Gasteiger partial charge in [0.25, 0.3) is 0 Å². The number of hydrogen-bond donors (Lipinski definition) is 0. The molecule has 0 fully saturated rings. The lowest BCUT2D eigenvalue weighted by Gasteiger charge is -2.13. The summed E-state index contributed by atoms with van der Waals surface area (Å²) in [5, 5.41) is 10.8. The molecule has 6 heteroatoms. The molecular formula is C10H6Cl2F3O. The van der Waals surface area contributed by atoms with Crippen LogP contribution in [0.15, 0.2) is 23.7 Å². The number of rotatable bonds is 2. The minimum Gasteiger partial charge on any atom is -0.290 e. The lowest BCUT2D eigenvalue weighted by atomic mass is 10.0. The number of allylic oxidation sites excluding steroid dienone is 1. The van der Waals surface area contributed by atoms with Crippen molar-refractivity contribution >= 4 is 23.2 Å². The highest BCUT2D eigenvalue weighted by Crippen LogP contribution is 2.40. The zero-order valence-corrected chi connectivity index (χ0v) is 9.33. The molecule has 87 valence electrons. The molecule has 0 amide bonds. The second-order valence-corrected chi connectivity index (χ2v) is 3.62. The van der Waals surface area contributed by atoms with E-state index in [2.05, 4.69) is 0 Å². The summed E-state index contributed by atoms with van der Waals surface area (Å²) in [6.07, 6.45) is -3.59. The molecule has 0 bridgehead atoms. The molecule has 1 aromatic carbocycles. The summed E-state index contributed by atoms with van der Waals surface area (Å²) < 4.78 is 37.9. The fourth-order valence-electron chi connectivity index (χ4n) is 1.27. The number of hydrogen-bond acceptors (Lipinski definition) is 0. The van der Waals surface area contributed by atoms with Crippen LogP contribution in [-0.4, -0.2) is 0 Å². The van der Waals surface area contributed by atoms with E-state index in [0.29, 0.717) is 0 Å². The summed E-state index contributed by atoms with van der Waals surface area (Å²) in [5.74, 6) is -0.702. The summed E-state index contributed by atoms with van der Waals surface area (Å²) >= 11 is 10.7. The standard InChI is InChI=1S/C10H6Cl2F3O/c11-5-1-2-6-8(16)4-3-7(12)9(6)10(13,14)15/h1,3-5H,2H2/b5-1+. The Morgan fingerprint density at radius 2 is 1.94 bits per heavy atom. The molecule has 0 unspecified atom stereocenters. The van der Waals surface area contributed by atoms with Crippen molar-refractivity contribution in [1.29, 1.82) is 0 Å². The first kappa shape index (κ1) is 13.2. The van der Waals surface area contributed by atoms with Crippen molar-refractivity contribution in [3.05, 3.63) is 39.9 Å². The van der Waals surface area contributed by atoms with E-state index in [0.717, 1.165) is 17.7 Å². The molecule has 1 aromatic rings. The first-order valence-electron chi connectivity index (χ1n) is 4.18. The van der Waals surface area contributed by atoms with Crippen molar-refractivity contribution in [2.45, 2.75) is 12.6 Å². The van der Waals surface area contributed by atoms with E-state index in [4.69, 9.17) is 23.2 Å². The van der Waals surface area contributed by atoms with Crippen LogP contribution in [0.1, 0.15) is 11.1 Å². The van der Waals surface area contributed by atoms with Crippen LogP contribution < -0.4 is 0 Å². The molecule has 0 aromatic heterocycles. The average molecular weight is 270 g/mol. The molecule has 0 aliphatic heterocycles. The van der Waals surface area contributed by atoms with Gasteiger partial charge in [-0.05, 0) is 18.6 Å². The molecule has 1 nitrogen and oxygen atoms in total. The zero-order chi connectivity index (χ0) is 12.3. The van der Waals surface area contributed by atoms with E-state index in [1.54, 1.807) is 0 Å². The van der Waals surface area contributed by atoms with E-state index in [1.165, 1.54) is 6.08 Å². The third kappa shape index (κ3) is 2.83. The summed E-state index contributed by atoms with van der Waals surface area (Å²) in [5.41, 5.74) is -0.422. The minimum absolute atomic E-state index is 0.197. The van der Waals surface area contributed by atoms with E-state index in [-0.39, 0.29) is 6.42 Å². The first-order chi connectivity index (χ1) is 7.38. The lowest BCUT2D eigenvalue weighted by molar-refractivity contribution is -0.138. The van der Waals surface area contributed by atoms with Gasteiger partial charge in [0.1, 0.15) is 0 Å². The summed E-state index contributed by atoms with van der Waals surface area (Å²) in [6, 6.07) is 1.95. The van der Waals surface area contributed by atoms with Crippen molar-refractivity contribution < 1.29 is 18.3 Å². The van der Waals surface area contributed by atoms with Crippen LogP contribution in [0.3, 0.4) is 0 Å². The fraction of sp³-hybridized carbons (Fsp3) is 0.200.